The number of piperazine rings is 1. The molecule has 3 heterocycles. The van der Waals surface area contributed by atoms with Gasteiger partial charge in [0, 0.05) is 44.9 Å². The Morgan fingerprint density at radius 2 is 1.80 bits per heavy atom. The lowest BCUT2D eigenvalue weighted by atomic mass is 10.2. The van der Waals surface area contributed by atoms with Gasteiger partial charge in [-0.3, -0.25) is 4.90 Å². The van der Waals surface area contributed by atoms with Crippen LogP contribution in [0.15, 0.2) is 47.1 Å². The van der Waals surface area contributed by atoms with E-state index in [1.54, 1.807) is 0 Å². The molecule has 4 rings (SSSR count). The summed E-state index contributed by atoms with van der Waals surface area (Å²) >= 11 is 0. The number of hydrogen-bond acceptors (Lipinski definition) is 7. The summed E-state index contributed by atoms with van der Waals surface area (Å²) < 4.78 is 5.04. The number of benzene rings is 1. The lowest BCUT2D eigenvalue weighted by Crippen LogP contribution is -2.46. The van der Waals surface area contributed by atoms with E-state index in [1.165, 1.54) is 0 Å². The van der Waals surface area contributed by atoms with Crippen molar-refractivity contribution in [3.63, 3.8) is 0 Å². The number of anilines is 1. The number of aryl methyl sites for hydroxylation is 1. The monoisotopic (exact) mass is 336 g/mol. The van der Waals surface area contributed by atoms with Crippen molar-refractivity contribution in [3.8, 4) is 11.4 Å². The second-order valence-corrected chi connectivity index (χ2v) is 6.10. The molecule has 1 aliphatic rings. The lowest BCUT2D eigenvalue weighted by molar-refractivity contribution is 0.239. The van der Waals surface area contributed by atoms with Crippen molar-refractivity contribution in [1.82, 2.24) is 25.0 Å². The van der Waals surface area contributed by atoms with Crippen LogP contribution in [-0.2, 0) is 6.54 Å². The van der Waals surface area contributed by atoms with Crippen LogP contribution in [0.4, 0.5) is 5.82 Å². The summed E-state index contributed by atoms with van der Waals surface area (Å²) in [6, 6.07) is 12.0. The van der Waals surface area contributed by atoms with E-state index in [0.29, 0.717) is 5.89 Å². The minimum Gasteiger partial charge on any atom is -0.354 e. The van der Waals surface area contributed by atoms with E-state index >= 15 is 0 Å². The molecule has 0 amide bonds. The summed E-state index contributed by atoms with van der Waals surface area (Å²) in [6.45, 7) is 6.26. The first kappa shape index (κ1) is 15.7. The maximum absolute atomic E-state index is 5.04. The van der Waals surface area contributed by atoms with Crippen LogP contribution in [0.1, 0.15) is 11.7 Å². The molecule has 25 heavy (non-hydrogen) atoms. The highest BCUT2D eigenvalue weighted by Crippen LogP contribution is 2.19. The average Bonchev–Trinajstić information content (AvgIpc) is 3.08. The highest BCUT2D eigenvalue weighted by molar-refractivity contribution is 5.57. The van der Waals surface area contributed by atoms with Crippen molar-refractivity contribution in [3.05, 3.63) is 54.3 Å². The van der Waals surface area contributed by atoms with Crippen molar-refractivity contribution in [2.75, 3.05) is 31.1 Å². The van der Waals surface area contributed by atoms with Gasteiger partial charge in [0.15, 0.2) is 11.6 Å². The van der Waals surface area contributed by atoms with Gasteiger partial charge in [-0.25, -0.2) is 9.97 Å². The first-order valence-corrected chi connectivity index (χ1v) is 8.43. The smallest absolute Gasteiger partial charge is 0.223 e. The van der Waals surface area contributed by atoms with Crippen LogP contribution in [0, 0.1) is 6.92 Å². The van der Waals surface area contributed by atoms with Crippen LogP contribution in [0.5, 0.6) is 0 Å². The van der Waals surface area contributed by atoms with E-state index in [0.717, 1.165) is 55.8 Å². The van der Waals surface area contributed by atoms with Crippen molar-refractivity contribution in [2.24, 2.45) is 0 Å². The van der Waals surface area contributed by atoms with Crippen LogP contribution in [0.25, 0.3) is 11.4 Å². The molecule has 0 atom stereocenters. The topological polar surface area (TPSA) is 71.2 Å². The molecule has 128 valence electrons. The highest BCUT2D eigenvalue weighted by Gasteiger charge is 2.20. The Balaban J connectivity index is 1.41. The SMILES string of the molecule is Cc1nc(CN2CCN(c3ccnc(-c4ccccc4)n3)CC2)no1. The minimum atomic E-state index is 0.614. The number of rotatable bonds is 4. The second kappa shape index (κ2) is 6.98. The van der Waals surface area contributed by atoms with Crippen LogP contribution in [-0.4, -0.2) is 51.2 Å². The number of hydrogen-bond donors (Lipinski definition) is 0. The maximum atomic E-state index is 5.04. The van der Waals surface area contributed by atoms with Gasteiger partial charge in [0.2, 0.25) is 5.89 Å². The molecule has 1 saturated heterocycles. The maximum Gasteiger partial charge on any atom is 0.223 e. The van der Waals surface area contributed by atoms with Crippen molar-refractivity contribution < 1.29 is 4.52 Å². The van der Waals surface area contributed by atoms with E-state index < -0.39 is 0 Å². The summed E-state index contributed by atoms with van der Waals surface area (Å²) in [4.78, 5) is 18.0. The van der Waals surface area contributed by atoms with Gasteiger partial charge in [0.25, 0.3) is 0 Å². The molecule has 0 saturated carbocycles. The van der Waals surface area contributed by atoms with Crippen LogP contribution in [0.3, 0.4) is 0 Å². The van der Waals surface area contributed by atoms with Gasteiger partial charge < -0.3 is 9.42 Å². The van der Waals surface area contributed by atoms with E-state index in [2.05, 4.69) is 24.9 Å². The van der Waals surface area contributed by atoms with Crippen LogP contribution >= 0.6 is 0 Å². The zero-order chi connectivity index (χ0) is 17.1. The molecule has 0 N–H and O–H groups in total. The van der Waals surface area contributed by atoms with Crippen molar-refractivity contribution in [2.45, 2.75) is 13.5 Å². The molecule has 0 spiro atoms. The van der Waals surface area contributed by atoms with E-state index in [-0.39, 0.29) is 0 Å². The van der Waals surface area contributed by atoms with Crippen LogP contribution in [0.2, 0.25) is 0 Å². The molecule has 2 aromatic heterocycles. The first-order chi connectivity index (χ1) is 12.3. The predicted molar refractivity (Wildman–Crippen MR) is 94.0 cm³/mol. The molecular formula is C18H20N6O. The van der Waals surface area contributed by atoms with Crippen molar-refractivity contribution in [1.29, 1.82) is 0 Å². The third-order valence-corrected chi connectivity index (χ3v) is 4.30. The van der Waals surface area contributed by atoms with Gasteiger partial charge >= 0.3 is 0 Å². The van der Waals surface area contributed by atoms with Crippen LogP contribution < -0.4 is 4.90 Å². The summed E-state index contributed by atoms with van der Waals surface area (Å²) in [5.74, 6) is 3.11. The van der Waals surface area contributed by atoms with Crippen molar-refractivity contribution >= 4 is 5.82 Å². The molecule has 7 heteroatoms. The van der Waals surface area contributed by atoms with Gasteiger partial charge in [-0.2, -0.15) is 4.98 Å². The van der Waals surface area contributed by atoms with Gasteiger partial charge in [0.05, 0.1) is 6.54 Å². The summed E-state index contributed by atoms with van der Waals surface area (Å²) in [7, 11) is 0. The molecule has 0 unspecified atom stereocenters. The number of aromatic nitrogens is 4. The zero-order valence-corrected chi connectivity index (χ0v) is 14.2. The fourth-order valence-electron chi connectivity index (χ4n) is 2.99. The Hall–Kier alpha value is -2.80. The molecule has 3 aromatic rings. The fourth-order valence-corrected chi connectivity index (χ4v) is 2.99. The van der Waals surface area contributed by atoms with Gasteiger partial charge in [-0.15, -0.1) is 0 Å². The third kappa shape index (κ3) is 3.66. The second-order valence-electron chi connectivity index (χ2n) is 6.10. The minimum absolute atomic E-state index is 0.614. The summed E-state index contributed by atoms with van der Waals surface area (Å²) in [5, 5.41) is 3.97. The normalized spacial score (nSPS) is 15.5. The zero-order valence-electron chi connectivity index (χ0n) is 14.2. The Morgan fingerprint density at radius 1 is 1.00 bits per heavy atom. The molecule has 1 fully saturated rings. The molecular weight excluding hydrogens is 316 g/mol. The van der Waals surface area contributed by atoms with Gasteiger partial charge in [0.1, 0.15) is 5.82 Å². The first-order valence-electron chi connectivity index (χ1n) is 8.43. The molecule has 7 nitrogen and oxygen atoms in total. The molecule has 1 aromatic carbocycles. The molecule has 0 bridgehead atoms. The standard InChI is InChI=1S/C18H20N6O/c1-14-20-16(22-25-14)13-23-9-11-24(12-10-23)17-7-8-19-18(21-17)15-5-3-2-4-6-15/h2-8H,9-13H2,1H3. The summed E-state index contributed by atoms with van der Waals surface area (Å²) in [6.07, 6.45) is 1.83. The fraction of sp³-hybridized carbons (Fsp3) is 0.333. The molecule has 1 aliphatic heterocycles. The predicted octanol–water partition coefficient (Wildman–Crippen LogP) is 2.16. The lowest BCUT2D eigenvalue weighted by Gasteiger charge is -2.34. The van der Waals surface area contributed by atoms with Gasteiger partial charge in [-0.05, 0) is 6.07 Å². The Bertz CT molecular complexity index is 826. The summed E-state index contributed by atoms with van der Waals surface area (Å²) in [5.41, 5.74) is 1.04. The Kier molecular flexibility index (Phi) is 4.39. The number of nitrogens with zero attached hydrogens (tertiary/aromatic N) is 6. The van der Waals surface area contributed by atoms with E-state index in [9.17, 15) is 0 Å². The largest absolute Gasteiger partial charge is 0.354 e. The Labute approximate surface area is 146 Å². The highest BCUT2D eigenvalue weighted by atomic mass is 16.5. The van der Waals surface area contributed by atoms with E-state index in [4.69, 9.17) is 9.51 Å². The molecule has 0 radical (unpaired) electrons. The average molecular weight is 336 g/mol. The third-order valence-electron chi connectivity index (χ3n) is 4.30. The quantitative estimate of drug-likeness (QED) is 0.723. The molecule has 0 aliphatic carbocycles. The van der Waals surface area contributed by atoms with E-state index in [1.807, 2.05) is 49.5 Å². The Morgan fingerprint density at radius 3 is 2.52 bits per heavy atom. The van der Waals surface area contributed by atoms with Gasteiger partial charge in [-0.1, -0.05) is 35.5 Å².